The number of allylic oxidation sites excluding steroid dienone is 1. The van der Waals surface area contributed by atoms with Crippen molar-refractivity contribution in [3.05, 3.63) is 41.7 Å². The van der Waals surface area contributed by atoms with Crippen LogP contribution in [0.5, 0.6) is 5.75 Å². The lowest BCUT2D eigenvalue weighted by atomic mass is 10.0. The third-order valence-electron chi connectivity index (χ3n) is 3.51. The summed E-state index contributed by atoms with van der Waals surface area (Å²) in [5.41, 5.74) is 6.81. The van der Waals surface area contributed by atoms with E-state index in [2.05, 4.69) is 6.08 Å². The van der Waals surface area contributed by atoms with E-state index in [1.54, 1.807) is 6.07 Å². The standard InChI is InChI=1S/C16H22FNO/c1-2-13(18)10-12-8-9-16(15(17)11-12)19-14-6-4-3-5-7-14/h4,6,8-9,11,13-14H,2-3,5,7,10,18H2,1H3. The quantitative estimate of drug-likeness (QED) is 0.824. The van der Waals surface area contributed by atoms with E-state index in [-0.39, 0.29) is 18.0 Å². The predicted octanol–water partition coefficient (Wildman–Crippen LogP) is 3.59. The lowest BCUT2D eigenvalue weighted by Crippen LogP contribution is -2.21. The summed E-state index contributed by atoms with van der Waals surface area (Å²) in [5.74, 6) is 0.0464. The van der Waals surface area contributed by atoms with Crippen LogP contribution >= 0.6 is 0 Å². The van der Waals surface area contributed by atoms with Crippen molar-refractivity contribution >= 4 is 0 Å². The van der Waals surface area contributed by atoms with Gasteiger partial charge in [0.25, 0.3) is 0 Å². The van der Waals surface area contributed by atoms with Crippen LogP contribution in [0.4, 0.5) is 4.39 Å². The molecule has 1 aliphatic carbocycles. The van der Waals surface area contributed by atoms with Crippen LogP contribution in [0.1, 0.15) is 38.2 Å². The van der Waals surface area contributed by atoms with Gasteiger partial charge in [-0.15, -0.1) is 0 Å². The molecule has 1 aromatic carbocycles. The van der Waals surface area contributed by atoms with Gasteiger partial charge in [0, 0.05) is 6.04 Å². The average molecular weight is 263 g/mol. The van der Waals surface area contributed by atoms with Gasteiger partial charge in [-0.05, 0) is 55.9 Å². The molecule has 19 heavy (non-hydrogen) atoms. The molecule has 1 aliphatic rings. The Morgan fingerprint density at radius 2 is 2.32 bits per heavy atom. The van der Waals surface area contributed by atoms with Crippen LogP contribution in [0.3, 0.4) is 0 Å². The third-order valence-corrected chi connectivity index (χ3v) is 3.51. The molecule has 0 aromatic heterocycles. The lowest BCUT2D eigenvalue weighted by molar-refractivity contribution is 0.220. The highest BCUT2D eigenvalue weighted by Gasteiger charge is 2.13. The molecule has 2 unspecified atom stereocenters. The fraction of sp³-hybridized carbons (Fsp3) is 0.500. The van der Waals surface area contributed by atoms with Gasteiger partial charge in [-0.3, -0.25) is 0 Å². The summed E-state index contributed by atoms with van der Waals surface area (Å²) in [7, 11) is 0. The molecule has 2 rings (SSSR count). The Balaban J connectivity index is 2.02. The minimum absolute atomic E-state index is 0.00648. The molecule has 0 aliphatic heterocycles. The summed E-state index contributed by atoms with van der Waals surface area (Å²) < 4.78 is 19.6. The minimum Gasteiger partial charge on any atom is -0.483 e. The van der Waals surface area contributed by atoms with Crippen molar-refractivity contribution in [2.45, 2.75) is 51.2 Å². The smallest absolute Gasteiger partial charge is 0.165 e. The van der Waals surface area contributed by atoms with Crippen LogP contribution in [-0.4, -0.2) is 12.1 Å². The van der Waals surface area contributed by atoms with E-state index in [9.17, 15) is 4.39 Å². The minimum atomic E-state index is -0.292. The maximum absolute atomic E-state index is 14.0. The topological polar surface area (TPSA) is 35.2 Å². The van der Waals surface area contributed by atoms with Gasteiger partial charge in [0.05, 0.1) is 0 Å². The Hall–Kier alpha value is -1.35. The van der Waals surface area contributed by atoms with Crippen molar-refractivity contribution in [3.8, 4) is 5.75 Å². The van der Waals surface area contributed by atoms with E-state index in [4.69, 9.17) is 10.5 Å². The van der Waals surface area contributed by atoms with Gasteiger partial charge in [0.1, 0.15) is 6.10 Å². The number of halogens is 1. The molecule has 0 bridgehead atoms. The molecule has 104 valence electrons. The fourth-order valence-corrected chi connectivity index (χ4v) is 2.26. The fourth-order valence-electron chi connectivity index (χ4n) is 2.26. The number of hydrogen-bond acceptors (Lipinski definition) is 2. The van der Waals surface area contributed by atoms with Crippen molar-refractivity contribution in [1.82, 2.24) is 0 Å². The summed E-state index contributed by atoms with van der Waals surface area (Å²) in [6, 6.07) is 5.25. The van der Waals surface area contributed by atoms with Crippen molar-refractivity contribution in [2.24, 2.45) is 5.73 Å². The summed E-state index contributed by atoms with van der Waals surface area (Å²) >= 11 is 0. The number of benzene rings is 1. The molecular weight excluding hydrogens is 241 g/mol. The van der Waals surface area contributed by atoms with E-state index >= 15 is 0 Å². The highest BCUT2D eigenvalue weighted by molar-refractivity contribution is 5.30. The first-order valence-corrected chi connectivity index (χ1v) is 7.06. The average Bonchev–Trinajstić information content (AvgIpc) is 2.43. The van der Waals surface area contributed by atoms with E-state index in [1.807, 2.05) is 19.1 Å². The Kier molecular flexibility index (Phi) is 4.97. The normalized spacial score (nSPS) is 20.3. The van der Waals surface area contributed by atoms with Crippen LogP contribution in [0.15, 0.2) is 30.4 Å². The van der Waals surface area contributed by atoms with Crippen molar-refractivity contribution < 1.29 is 9.13 Å². The SMILES string of the molecule is CCC(N)Cc1ccc(OC2C=CCCC2)c(F)c1. The first-order chi connectivity index (χ1) is 9.19. The summed E-state index contributed by atoms with van der Waals surface area (Å²) in [6.45, 7) is 2.04. The van der Waals surface area contributed by atoms with Crippen LogP contribution < -0.4 is 10.5 Å². The summed E-state index contributed by atoms with van der Waals surface area (Å²) in [4.78, 5) is 0. The van der Waals surface area contributed by atoms with Gasteiger partial charge in [-0.1, -0.05) is 19.1 Å². The zero-order chi connectivity index (χ0) is 13.7. The van der Waals surface area contributed by atoms with Crippen molar-refractivity contribution in [1.29, 1.82) is 0 Å². The summed E-state index contributed by atoms with van der Waals surface area (Å²) in [6.07, 6.45) is 8.88. The van der Waals surface area contributed by atoms with E-state index < -0.39 is 0 Å². The molecule has 0 fully saturated rings. The Labute approximate surface area is 114 Å². The van der Waals surface area contributed by atoms with E-state index in [0.717, 1.165) is 31.2 Å². The van der Waals surface area contributed by atoms with Gasteiger partial charge in [0.2, 0.25) is 0 Å². The zero-order valence-electron chi connectivity index (χ0n) is 11.4. The van der Waals surface area contributed by atoms with Gasteiger partial charge >= 0.3 is 0 Å². The van der Waals surface area contributed by atoms with Gasteiger partial charge in [-0.25, -0.2) is 4.39 Å². The largest absolute Gasteiger partial charge is 0.483 e. The second-order valence-electron chi connectivity index (χ2n) is 5.15. The molecule has 0 spiro atoms. The molecule has 1 aromatic rings. The number of ether oxygens (including phenoxy) is 1. The molecule has 0 amide bonds. The monoisotopic (exact) mass is 263 g/mol. The molecule has 0 saturated heterocycles. The van der Waals surface area contributed by atoms with Crippen LogP contribution in [0.2, 0.25) is 0 Å². The Bertz CT molecular complexity index is 444. The van der Waals surface area contributed by atoms with Crippen molar-refractivity contribution in [2.75, 3.05) is 0 Å². The number of nitrogens with two attached hydrogens (primary N) is 1. The van der Waals surface area contributed by atoms with Crippen molar-refractivity contribution in [3.63, 3.8) is 0 Å². The van der Waals surface area contributed by atoms with Gasteiger partial charge in [0.15, 0.2) is 11.6 Å². The number of hydrogen-bond donors (Lipinski definition) is 1. The van der Waals surface area contributed by atoms with E-state index in [0.29, 0.717) is 12.2 Å². The molecular formula is C16H22FNO. The molecule has 0 heterocycles. The lowest BCUT2D eigenvalue weighted by Gasteiger charge is -2.19. The zero-order valence-corrected chi connectivity index (χ0v) is 11.4. The molecule has 0 saturated carbocycles. The second-order valence-corrected chi connectivity index (χ2v) is 5.15. The number of rotatable bonds is 5. The maximum Gasteiger partial charge on any atom is 0.165 e. The Morgan fingerprint density at radius 3 is 2.95 bits per heavy atom. The van der Waals surface area contributed by atoms with E-state index in [1.165, 1.54) is 6.07 Å². The molecule has 2 nitrogen and oxygen atoms in total. The highest BCUT2D eigenvalue weighted by Crippen LogP contribution is 2.23. The molecule has 0 radical (unpaired) electrons. The van der Waals surface area contributed by atoms with Gasteiger partial charge < -0.3 is 10.5 Å². The highest BCUT2D eigenvalue weighted by atomic mass is 19.1. The van der Waals surface area contributed by atoms with Crippen LogP contribution in [-0.2, 0) is 6.42 Å². The predicted molar refractivity (Wildman–Crippen MR) is 75.8 cm³/mol. The second kappa shape index (κ2) is 6.71. The van der Waals surface area contributed by atoms with Crippen LogP contribution in [0.25, 0.3) is 0 Å². The molecule has 2 N–H and O–H groups in total. The first kappa shape index (κ1) is 14.1. The van der Waals surface area contributed by atoms with Crippen LogP contribution in [0, 0.1) is 5.82 Å². The van der Waals surface area contributed by atoms with Gasteiger partial charge in [-0.2, -0.15) is 0 Å². The third kappa shape index (κ3) is 4.06. The summed E-state index contributed by atoms with van der Waals surface area (Å²) in [5, 5.41) is 0. The maximum atomic E-state index is 14.0. The first-order valence-electron chi connectivity index (χ1n) is 7.06. The molecule has 2 atom stereocenters. The molecule has 3 heteroatoms. The Morgan fingerprint density at radius 1 is 1.47 bits per heavy atom.